The molecule has 0 aromatic carbocycles. The van der Waals surface area contributed by atoms with Gasteiger partial charge >= 0.3 is 6.09 Å². The van der Waals surface area contributed by atoms with Crippen molar-refractivity contribution in [3.05, 3.63) is 12.2 Å². The van der Waals surface area contributed by atoms with E-state index in [0.717, 1.165) is 5.57 Å². The highest BCUT2D eigenvalue weighted by atomic mass is 16.6. The van der Waals surface area contributed by atoms with Gasteiger partial charge in [0.05, 0.1) is 13.2 Å². The quantitative estimate of drug-likeness (QED) is 0.516. The number of ether oxygens (including phenoxy) is 1. The van der Waals surface area contributed by atoms with Gasteiger partial charge in [-0.15, -0.1) is 0 Å². The fourth-order valence-electron chi connectivity index (χ4n) is 1.24. The molecular weight excluding hydrogens is 214 g/mol. The summed E-state index contributed by atoms with van der Waals surface area (Å²) in [6, 6.07) is 0. The largest absolute Gasteiger partial charge is 0.449 e. The molecule has 0 aliphatic carbocycles. The lowest BCUT2D eigenvalue weighted by atomic mass is 9.99. The third-order valence-electron chi connectivity index (χ3n) is 2.35. The first-order valence-electron chi connectivity index (χ1n) is 5.77. The summed E-state index contributed by atoms with van der Waals surface area (Å²) < 4.78 is 5.23. The first kappa shape index (κ1) is 13.6. The number of hydrogen-bond donors (Lipinski definition) is 0. The first-order valence-corrected chi connectivity index (χ1v) is 5.77. The van der Waals surface area contributed by atoms with Crippen molar-refractivity contribution in [2.45, 2.75) is 40.2 Å². The summed E-state index contributed by atoms with van der Waals surface area (Å²) in [6.45, 7) is 14.6. The summed E-state index contributed by atoms with van der Waals surface area (Å²) in [5, 5.41) is 0. The minimum atomic E-state index is -0.367. The number of rotatable bonds is 1. The summed E-state index contributed by atoms with van der Waals surface area (Å²) in [7, 11) is 0. The molecule has 94 valence electrons. The molecule has 3 heteroatoms. The molecule has 1 unspecified atom stereocenters. The molecule has 0 bridgehead atoms. The van der Waals surface area contributed by atoms with Crippen molar-refractivity contribution < 1.29 is 9.53 Å². The number of allylic oxidation sites excluding steroid dienone is 1. The van der Waals surface area contributed by atoms with Gasteiger partial charge < -0.3 is 4.74 Å². The molecule has 1 aliphatic heterocycles. The number of carbonyl (C=O) groups is 1. The molecular formula is C14H21NO2. The Hall–Kier alpha value is -1.43. The Balaban J connectivity index is 2.49. The van der Waals surface area contributed by atoms with Crippen LogP contribution < -0.4 is 0 Å². The minimum Gasteiger partial charge on any atom is -0.449 e. The molecule has 0 spiro atoms. The fraction of sp³-hybridized carbons (Fsp3) is 0.643. The molecule has 1 amide bonds. The molecule has 0 aromatic heterocycles. The summed E-state index contributed by atoms with van der Waals surface area (Å²) in [5.41, 5.74) is 0.431. The highest BCUT2D eigenvalue weighted by Crippen LogP contribution is 2.32. The van der Waals surface area contributed by atoms with Crippen LogP contribution in [0.3, 0.4) is 0 Å². The average molecular weight is 235 g/mol. The van der Waals surface area contributed by atoms with Gasteiger partial charge in [-0.05, 0) is 24.8 Å². The zero-order valence-corrected chi connectivity index (χ0v) is 11.4. The number of hydrogen-bond acceptors (Lipinski definition) is 2. The van der Waals surface area contributed by atoms with Crippen molar-refractivity contribution in [3.8, 4) is 11.8 Å². The predicted octanol–water partition coefficient (Wildman–Crippen LogP) is 2.82. The Morgan fingerprint density at radius 1 is 1.53 bits per heavy atom. The van der Waals surface area contributed by atoms with Crippen LogP contribution in [0.25, 0.3) is 0 Å². The monoisotopic (exact) mass is 235 g/mol. The van der Waals surface area contributed by atoms with E-state index in [1.165, 1.54) is 0 Å². The Bertz CT molecular complexity index is 395. The number of amides is 1. The van der Waals surface area contributed by atoms with E-state index in [1.54, 1.807) is 4.90 Å². The molecule has 0 N–H and O–H groups in total. The molecule has 0 saturated carbocycles. The van der Waals surface area contributed by atoms with Gasteiger partial charge in [-0.1, -0.05) is 39.2 Å². The van der Waals surface area contributed by atoms with Gasteiger partial charge in [0, 0.05) is 0 Å². The van der Waals surface area contributed by atoms with Crippen molar-refractivity contribution in [1.29, 1.82) is 0 Å². The molecule has 1 rings (SSSR count). The summed E-state index contributed by atoms with van der Waals surface area (Å²) in [5.74, 6) is 5.95. The van der Waals surface area contributed by atoms with Crippen molar-refractivity contribution in [2.24, 2.45) is 5.41 Å². The van der Waals surface area contributed by atoms with Crippen LogP contribution in [0.2, 0.25) is 0 Å². The van der Waals surface area contributed by atoms with E-state index < -0.39 is 0 Å². The van der Waals surface area contributed by atoms with Gasteiger partial charge in [0.15, 0.2) is 0 Å². The Kier molecular flexibility index (Phi) is 3.56. The topological polar surface area (TPSA) is 29.3 Å². The second kappa shape index (κ2) is 4.44. The third-order valence-corrected chi connectivity index (χ3v) is 2.35. The van der Waals surface area contributed by atoms with Crippen molar-refractivity contribution in [3.63, 3.8) is 0 Å². The Morgan fingerprint density at radius 2 is 2.12 bits per heavy atom. The van der Waals surface area contributed by atoms with E-state index in [2.05, 4.69) is 18.4 Å². The standard InChI is InChI=1S/C14H21NO2/c1-11(2)7-8-14(6)9-15(14)12(16)17-10-13(3,4)5/h1,9-10H2,2-6H3. The van der Waals surface area contributed by atoms with Crippen LogP contribution in [0, 0.1) is 17.3 Å². The van der Waals surface area contributed by atoms with E-state index in [1.807, 2.05) is 34.6 Å². The van der Waals surface area contributed by atoms with E-state index in [9.17, 15) is 4.79 Å². The van der Waals surface area contributed by atoms with Crippen LogP contribution in [-0.2, 0) is 4.74 Å². The molecule has 3 nitrogen and oxygen atoms in total. The summed E-state index contributed by atoms with van der Waals surface area (Å²) in [4.78, 5) is 13.4. The van der Waals surface area contributed by atoms with Crippen LogP contribution in [0.4, 0.5) is 4.79 Å². The van der Waals surface area contributed by atoms with Crippen molar-refractivity contribution >= 4 is 6.09 Å². The smallest absolute Gasteiger partial charge is 0.411 e. The lowest BCUT2D eigenvalue weighted by Crippen LogP contribution is -2.25. The van der Waals surface area contributed by atoms with Crippen LogP contribution in [0.15, 0.2) is 12.2 Å². The normalized spacial score (nSPS) is 22.5. The molecule has 0 aromatic rings. The second-order valence-corrected chi connectivity index (χ2v) is 6.01. The minimum absolute atomic E-state index is 0.00848. The van der Waals surface area contributed by atoms with Crippen LogP contribution in [0.1, 0.15) is 34.6 Å². The van der Waals surface area contributed by atoms with Crippen LogP contribution in [-0.4, -0.2) is 29.7 Å². The zero-order chi connectivity index (χ0) is 13.3. The maximum absolute atomic E-state index is 11.7. The highest BCUT2D eigenvalue weighted by Gasteiger charge is 2.51. The van der Waals surface area contributed by atoms with Gasteiger partial charge in [-0.25, -0.2) is 4.79 Å². The maximum Gasteiger partial charge on any atom is 0.411 e. The van der Waals surface area contributed by atoms with Crippen molar-refractivity contribution in [2.75, 3.05) is 13.2 Å². The van der Waals surface area contributed by atoms with Gasteiger partial charge in [-0.3, -0.25) is 4.90 Å². The second-order valence-electron chi connectivity index (χ2n) is 6.01. The van der Waals surface area contributed by atoms with E-state index in [4.69, 9.17) is 4.74 Å². The Morgan fingerprint density at radius 3 is 2.59 bits per heavy atom. The maximum atomic E-state index is 11.7. The molecule has 1 fully saturated rings. The fourth-order valence-corrected chi connectivity index (χ4v) is 1.24. The van der Waals surface area contributed by atoms with Crippen LogP contribution >= 0.6 is 0 Å². The Labute approximate surface area is 104 Å². The van der Waals surface area contributed by atoms with Crippen molar-refractivity contribution in [1.82, 2.24) is 4.90 Å². The molecule has 1 saturated heterocycles. The highest BCUT2D eigenvalue weighted by molar-refractivity contribution is 5.74. The molecule has 1 heterocycles. The van der Waals surface area contributed by atoms with Gasteiger partial charge in [0.1, 0.15) is 5.54 Å². The third kappa shape index (κ3) is 4.14. The SMILES string of the molecule is C=C(C)C#CC1(C)CN1C(=O)OCC(C)(C)C. The number of carbonyl (C=O) groups excluding carboxylic acids is 1. The van der Waals surface area contributed by atoms with Gasteiger partial charge in [0.25, 0.3) is 0 Å². The lowest BCUT2D eigenvalue weighted by molar-refractivity contribution is 0.0911. The summed E-state index contributed by atoms with van der Waals surface area (Å²) >= 11 is 0. The summed E-state index contributed by atoms with van der Waals surface area (Å²) in [6.07, 6.45) is -0.279. The van der Waals surface area contributed by atoms with Gasteiger partial charge in [-0.2, -0.15) is 0 Å². The zero-order valence-electron chi connectivity index (χ0n) is 11.4. The average Bonchev–Trinajstić information content (AvgIpc) is 2.84. The van der Waals surface area contributed by atoms with E-state index in [0.29, 0.717) is 13.2 Å². The molecule has 17 heavy (non-hydrogen) atoms. The van der Waals surface area contributed by atoms with Crippen LogP contribution in [0.5, 0.6) is 0 Å². The molecule has 1 atom stereocenters. The van der Waals surface area contributed by atoms with Gasteiger partial charge in [0.2, 0.25) is 0 Å². The molecule has 1 aliphatic rings. The molecule has 0 radical (unpaired) electrons. The van der Waals surface area contributed by atoms with E-state index in [-0.39, 0.29) is 17.0 Å². The lowest BCUT2D eigenvalue weighted by Gasteiger charge is -2.18. The van der Waals surface area contributed by atoms with E-state index >= 15 is 0 Å². The first-order chi connectivity index (χ1) is 7.64. The predicted molar refractivity (Wildman–Crippen MR) is 68.5 cm³/mol. The number of nitrogens with zero attached hydrogens (tertiary/aromatic N) is 1.